The number of aromatic nitrogens is 1. The zero-order valence-corrected chi connectivity index (χ0v) is 13.8. The molecule has 23 heavy (non-hydrogen) atoms. The van der Waals surface area contributed by atoms with E-state index in [0.717, 1.165) is 28.8 Å². The van der Waals surface area contributed by atoms with Gasteiger partial charge >= 0.3 is 0 Å². The molecule has 1 aliphatic carbocycles. The van der Waals surface area contributed by atoms with Gasteiger partial charge in [-0.15, -0.1) is 0 Å². The van der Waals surface area contributed by atoms with Gasteiger partial charge in [0.15, 0.2) is 5.78 Å². The SMILES string of the molecule is CC1(C)CC(=O)C2=C(C1)OC(C)(C)c1[nH]c3cc(F)ccc3c12. The fraction of sp³-hybridized carbons (Fsp3) is 0.421. The summed E-state index contributed by atoms with van der Waals surface area (Å²) in [7, 11) is 0. The van der Waals surface area contributed by atoms with Crippen LogP contribution in [-0.4, -0.2) is 10.8 Å². The van der Waals surface area contributed by atoms with Gasteiger partial charge in [-0.3, -0.25) is 4.79 Å². The van der Waals surface area contributed by atoms with Gasteiger partial charge in [-0.25, -0.2) is 4.39 Å². The molecule has 4 heteroatoms. The van der Waals surface area contributed by atoms with Crippen molar-refractivity contribution >= 4 is 22.3 Å². The van der Waals surface area contributed by atoms with E-state index in [9.17, 15) is 9.18 Å². The Morgan fingerprint density at radius 1 is 1.17 bits per heavy atom. The van der Waals surface area contributed by atoms with E-state index in [2.05, 4.69) is 18.8 Å². The van der Waals surface area contributed by atoms with E-state index in [1.54, 1.807) is 6.07 Å². The van der Waals surface area contributed by atoms with E-state index < -0.39 is 5.60 Å². The number of halogens is 1. The Kier molecular flexibility index (Phi) is 2.68. The van der Waals surface area contributed by atoms with Crippen LogP contribution in [-0.2, 0) is 15.1 Å². The minimum absolute atomic E-state index is 0.0955. The number of allylic oxidation sites excluding steroid dienone is 2. The number of rotatable bonds is 0. The van der Waals surface area contributed by atoms with Gasteiger partial charge in [0, 0.05) is 29.3 Å². The van der Waals surface area contributed by atoms with Crippen LogP contribution in [0.25, 0.3) is 16.5 Å². The number of benzene rings is 1. The van der Waals surface area contributed by atoms with Crippen molar-refractivity contribution in [1.29, 1.82) is 0 Å². The standard InChI is InChI=1S/C19H20FNO2/c1-18(2)8-13(22)16-14(9-18)23-19(3,4)17-15(16)11-6-5-10(20)7-12(11)21-17/h5-7,21H,8-9H2,1-4H3. The van der Waals surface area contributed by atoms with E-state index >= 15 is 0 Å². The molecule has 0 atom stereocenters. The van der Waals surface area contributed by atoms with Crippen LogP contribution in [0.15, 0.2) is 24.0 Å². The Balaban J connectivity index is 2.06. The number of aromatic amines is 1. The maximum atomic E-state index is 13.6. The highest BCUT2D eigenvalue weighted by atomic mass is 19.1. The van der Waals surface area contributed by atoms with Gasteiger partial charge in [-0.05, 0) is 37.5 Å². The van der Waals surface area contributed by atoms with Gasteiger partial charge in [0.2, 0.25) is 0 Å². The van der Waals surface area contributed by atoms with Crippen LogP contribution < -0.4 is 0 Å². The number of carbonyl (C=O) groups is 1. The number of nitrogens with one attached hydrogen (secondary N) is 1. The van der Waals surface area contributed by atoms with E-state index in [1.807, 2.05) is 13.8 Å². The van der Waals surface area contributed by atoms with Crippen molar-refractivity contribution in [3.8, 4) is 0 Å². The Morgan fingerprint density at radius 2 is 1.91 bits per heavy atom. The quantitative estimate of drug-likeness (QED) is 0.768. The van der Waals surface area contributed by atoms with Crippen LogP contribution in [0.3, 0.4) is 0 Å². The second kappa shape index (κ2) is 4.25. The first-order valence-electron chi connectivity index (χ1n) is 7.95. The molecular formula is C19H20FNO2. The lowest BCUT2D eigenvalue weighted by Crippen LogP contribution is -2.34. The number of carbonyl (C=O) groups excluding carboxylic acids is 1. The topological polar surface area (TPSA) is 42.1 Å². The number of H-pyrrole nitrogens is 1. The zero-order chi connectivity index (χ0) is 16.6. The van der Waals surface area contributed by atoms with Gasteiger partial charge in [0.1, 0.15) is 17.2 Å². The van der Waals surface area contributed by atoms with Crippen LogP contribution in [0, 0.1) is 11.2 Å². The lowest BCUT2D eigenvalue weighted by atomic mass is 9.73. The third-order valence-corrected chi connectivity index (χ3v) is 4.83. The van der Waals surface area contributed by atoms with Crippen molar-refractivity contribution in [3.63, 3.8) is 0 Å². The number of hydrogen-bond acceptors (Lipinski definition) is 2. The second-order valence-electron chi connectivity index (χ2n) is 7.92. The Morgan fingerprint density at radius 3 is 2.65 bits per heavy atom. The molecule has 0 bridgehead atoms. The molecule has 1 aromatic heterocycles. The molecule has 2 heterocycles. The number of hydrogen-bond donors (Lipinski definition) is 1. The molecule has 0 saturated heterocycles. The minimum Gasteiger partial charge on any atom is -0.485 e. The summed E-state index contributed by atoms with van der Waals surface area (Å²) in [5, 5.41) is 0.887. The number of ketones is 1. The Hall–Kier alpha value is -2.10. The number of ether oxygens (including phenoxy) is 1. The summed E-state index contributed by atoms with van der Waals surface area (Å²) in [6, 6.07) is 4.66. The number of Topliss-reactive ketones (excluding diaryl/α,β-unsaturated/α-hetero) is 1. The Labute approximate surface area is 134 Å². The predicted molar refractivity (Wildman–Crippen MR) is 87.3 cm³/mol. The average molecular weight is 313 g/mol. The smallest absolute Gasteiger partial charge is 0.167 e. The van der Waals surface area contributed by atoms with Gasteiger partial charge in [-0.1, -0.05) is 13.8 Å². The second-order valence-corrected chi connectivity index (χ2v) is 7.92. The summed E-state index contributed by atoms with van der Waals surface area (Å²) < 4.78 is 19.8. The van der Waals surface area contributed by atoms with Crippen molar-refractivity contribution in [2.45, 2.75) is 46.1 Å². The normalized spacial score (nSPS) is 21.9. The summed E-state index contributed by atoms with van der Waals surface area (Å²) in [6.07, 6.45) is 1.24. The van der Waals surface area contributed by atoms with Gasteiger partial charge in [0.05, 0.1) is 11.3 Å². The fourth-order valence-corrected chi connectivity index (χ4v) is 3.87. The minimum atomic E-state index is -0.572. The van der Waals surface area contributed by atoms with Crippen molar-refractivity contribution in [2.24, 2.45) is 5.41 Å². The third kappa shape index (κ3) is 2.04. The maximum absolute atomic E-state index is 13.6. The molecule has 0 amide bonds. The first-order valence-corrected chi connectivity index (χ1v) is 7.95. The maximum Gasteiger partial charge on any atom is 0.167 e. The van der Waals surface area contributed by atoms with Crippen molar-refractivity contribution in [2.75, 3.05) is 0 Å². The van der Waals surface area contributed by atoms with Crippen molar-refractivity contribution in [3.05, 3.63) is 41.0 Å². The lowest BCUT2D eigenvalue weighted by Gasteiger charge is -2.40. The molecule has 1 aromatic carbocycles. The first kappa shape index (κ1) is 14.5. The molecule has 4 rings (SSSR count). The third-order valence-electron chi connectivity index (χ3n) is 4.83. The summed E-state index contributed by atoms with van der Waals surface area (Å²) in [4.78, 5) is 16.1. The van der Waals surface area contributed by atoms with E-state index in [-0.39, 0.29) is 17.0 Å². The molecule has 0 spiro atoms. The van der Waals surface area contributed by atoms with Gasteiger partial charge in [0.25, 0.3) is 0 Å². The molecule has 2 aromatic rings. The van der Waals surface area contributed by atoms with E-state index in [4.69, 9.17) is 4.74 Å². The molecule has 0 radical (unpaired) electrons. The van der Waals surface area contributed by atoms with Crippen LogP contribution in [0.2, 0.25) is 0 Å². The number of fused-ring (bicyclic) bond motifs is 4. The zero-order valence-electron chi connectivity index (χ0n) is 13.8. The highest BCUT2D eigenvalue weighted by molar-refractivity contribution is 6.26. The van der Waals surface area contributed by atoms with E-state index in [0.29, 0.717) is 17.5 Å². The molecule has 0 saturated carbocycles. The molecular weight excluding hydrogens is 293 g/mol. The Bertz CT molecular complexity index is 886. The largest absolute Gasteiger partial charge is 0.485 e. The summed E-state index contributed by atoms with van der Waals surface area (Å²) >= 11 is 0. The van der Waals surface area contributed by atoms with Crippen LogP contribution in [0.4, 0.5) is 4.39 Å². The average Bonchev–Trinajstić information content (AvgIpc) is 2.75. The van der Waals surface area contributed by atoms with Crippen LogP contribution in [0.1, 0.15) is 51.8 Å². The predicted octanol–water partition coefficient (Wildman–Crippen LogP) is 4.67. The summed E-state index contributed by atoms with van der Waals surface area (Å²) in [5.41, 5.74) is 2.46. The highest BCUT2D eigenvalue weighted by Gasteiger charge is 2.44. The summed E-state index contributed by atoms with van der Waals surface area (Å²) in [5.74, 6) is 0.590. The van der Waals surface area contributed by atoms with Crippen molar-refractivity contribution in [1.82, 2.24) is 4.98 Å². The molecule has 0 unspecified atom stereocenters. The fourth-order valence-electron chi connectivity index (χ4n) is 3.87. The first-order chi connectivity index (χ1) is 10.7. The molecule has 0 fully saturated rings. The summed E-state index contributed by atoms with van der Waals surface area (Å²) in [6.45, 7) is 8.14. The van der Waals surface area contributed by atoms with Crippen LogP contribution >= 0.6 is 0 Å². The van der Waals surface area contributed by atoms with Gasteiger partial charge < -0.3 is 9.72 Å². The highest BCUT2D eigenvalue weighted by Crippen LogP contribution is 2.50. The molecule has 3 nitrogen and oxygen atoms in total. The molecule has 2 aliphatic rings. The molecule has 1 aliphatic heterocycles. The van der Waals surface area contributed by atoms with E-state index in [1.165, 1.54) is 12.1 Å². The van der Waals surface area contributed by atoms with Gasteiger partial charge in [-0.2, -0.15) is 0 Å². The monoisotopic (exact) mass is 313 g/mol. The van der Waals surface area contributed by atoms with Crippen LogP contribution in [0.5, 0.6) is 0 Å². The lowest BCUT2D eigenvalue weighted by molar-refractivity contribution is -0.117. The van der Waals surface area contributed by atoms with Crippen molar-refractivity contribution < 1.29 is 13.9 Å². The molecule has 1 N–H and O–H groups in total. The molecule has 120 valence electrons.